The molecule has 0 atom stereocenters. The molecule has 1 amide bonds. The minimum absolute atomic E-state index is 0.0292. The van der Waals surface area contributed by atoms with Crippen LogP contribution in [0.1, 0.15) is 0 Å². The molecule has 0 unspecified atom stereocenters. The van der Waals surface area contributed by atoms with Gasteiger partial charge in [-0.1, -0.05) is 30.3 Å². The summed E-state index contributed by atoms with van der Waals surface area (Å²) in [4.78, 5) is 20.8. The van der Waals surface area contributed by atoms with Crippen molar-refractivity contribution in [3.05, 3.63) is 73.1 Å². The summed E-state index contributed by atoms with van der Waals surface area (Å²) in [5, 5.41) is 14.9. The van der Waals surface area contributed by atoms with Gasteiger partial charge in [-0.3, -0.25) is 19.4 Å². The maximum absolute atomic E-state index is 13.6. The normalized spacial score (nSPS) is 14.3. The van der Waals surface area contributed by atoms with Gasteiger partial charge in [-0.2, -0.15) is 10.4 Å². The van der Waals surface area contributed by atoms with Gasteiger partial charge in [0.15, 0.2) is 0 Å². The largest absolute Gasteiger partial charge is 0.339 e. The van der Waals surface area contributed by atoms with Crippen molar-refractivity contribution in [3.63, 3.8) is 0 Å². The van der Waals surface area contributed by atoms with Crippen LogP contribution < -0.4 is 0 Å². The number of carbonyl (C=O) groups is 1. The zero-order valence-corrected chi connectivity index (χ0v) is 18.6. The fourth-order valence-electron chi connectivity index (χ4n) is 4.31. The predicted octanol–water partition coefficient (Wildman–Crippen LogP) is 3.57. The smallest absolute Gasteiger partial charge is 0.244 e. The number of piperazine rings is 1. The SMILES string of the molecule is N#CCN1CCN(C(=O)Cn2cc(-c3ccc(-c4cncc5cc(F)ccc45)cc3)cn2)CC1. The summed E-state index contributed by atoms with van der Waals surface area (Å²) in [6.07, 6.45) is 7.09. The van der Waals surface area contributed by atoms with Gasteiger partial charge >= 0.3 is 0 Å². The first-order valence-corrected chi connectivity index (χ1v) is 11.1. The van der Waals surface area contributed by atoms with Crippen molar-refractivity contribution >= 4 is 16.7 Å². The number of nitriles is 1. The van der Waals surface area contributed by atoms with E-state index in [2.05, 4.69) is 16.2 Å². The lowest BCUT2D eigenvalue weighted by molar-refractivity contribution is -0.133. The lowest BCUT2D eigenvalue weighted by atomic mass is 9.99. The number of pyridine rings is 1. The first-order valence-electron chi connectivity index (χ1n) is 11.1. The number of halogens is 1. The maximum atomic E-state index is 13.6. The van der Waals surface area contributed by atoms with Gasteiger partial charge in [0.1, 0.15) is 12.4 Å². The monoisotopic (exact) mass is 454 g/mol. The van der Waals surface area contributed by atoms with E-state index in [0.717, 1.165) is 46.1 Å². The second-order valence-corrected chi connectivity index (χ2v) is 8.37. The molecule has 170 valence electrons. The molecule has 1 aliphatic heterocycles. The number of carbonyl (C=O) groups excluding carboxylic acids is 1. The third-order valence-electron chi connectivity index (χ3n) is 6.20. The Morgan fingerprint density at radius 2 is 1.74 bits per heavy atom. The van der Waals surface area contributed by atoms with E-state index in [1.54, 1.807) is 29.3 Å². The van der Waals surface area contributed by atoms with Crippen LogP contribution >= 0.6 is 0 Å². The standard InChI is InChI=1S/C26H23FN6O/c27-23-5-6-24-21(13-23)14-29-16-25(24)20-3-1-19(2-4-20)22-15-30-33(17-22)18-26(34)32-11-9-31(8-7-28)10-12-32/h1-6,13-17H,8-12,18H2. The molecule has 1 aliphatic rings. The molecule has 0 spiro atoms. The van der Waals surface area contributed by atoms with Crippen LogP contribution in [0.2, 0.25) is 0 Å². The number of fused-ring (bicyclic) bond motifs is 1. The van der Waals surface area contributed by atoms with Gasteiger partial charge in [0.2, 0.25) is 5.91 Å². The van der Waals surface area contributed by atoms with Crippen LogP contribution in [0.3, 0.4) is 0 Å². The second kappa shape index (κ2) is 9.41. The van der Waals surface area contributed by atoms with E-state index in [1.807, 2.05) is 40.3 Å². The van der Waals surface area contributed by atoms with Crippen LogP contribution in [-0.2, 0) is 11.3 Å². The van der Waals surface area contributed by atoms with Crippen LogP contribution in [0.15, 0.2) is 67.3 Å². The minimum atomic E-state index is -0.279. The lowest BCUT2D eigenvalue weighted by Gasteiger charge is -2.33. The van der Waals surface area contributed by atoms with E-state index >= 15 is 0 Å². The first-order chi connectivity index (χ1) is 16.6. The Kier molecular flexibility index (Phi) is 6.02. The van der Waals surface area contributed by atoms with Crippen molar-refractivity contribution in [2.45, 2.75) is 6.54 Å². The lowest BCUT2D eigenvalue weighted by Crippen LogP contribution is -2.49. The van der Waals surface area contributed by atoms with Crippen molar-refractivity contribution < 1.29 is 9.18 Å². The topological polar surface area (TPSA) is 78.0 Å². The van der Waals surface area contributed by atoms with Gasteiger partial charge in [0.05, 0.1) is 18.8 Å². The third-order valence-corrected chi connectivity index (χ3v) is 6.20. The summed E-state index contributed by atoms with van der Waals surface area (Å²) in [5.41, 5.74) is 3.86. The van der Waals surface area contributed by atoms with E-state index < -0.39 is 0 Å². The number of hydrogen-bond acceptors (Lipinski definition) is 5. The number of nitrogens with zero attached hydrogens (tertiary/aromatic N) is 6. The van der Waals surface area contributed by atoms with E-state index in [4.69, 9.17) is 5.26 Å². The summed E-state index contributed by atoms with van der Waals surface area (Å²) >= 11 is 0. The predicted molar refractivity (Wildman–Crippen MR) is 127 cm³/mol. The number of hydrogen-bond donors (Lipinski definition) is 0. The van der Waals surface area contributed by atoms with Gasteiger partial charge < -0.3 is 4.90 Å². The molecule has 3 heterocycles. The highest BCUT2D eigenvalue weighted by Gasteiger charge is 2.21. The Labute approximate surface area is 196 Å². The van der Waals surface area contributed by atoms with E-state index in [-0.39, 0.29) is 18.3 Å². The molecule has 0 N–H and O–H groups in total. The molecular formula is C26H23FN6O. The van der Waals surface area contributed by atoms with Crippen LogP contribution in [0.4, 0.5) is 4.39 Å². The van der Waals surface area contributed by atoms with Gasteiger partial charge in [-0.15, -0.1) is 0 Å². The second-order valence-electron chi connectivity index (χ2n) is 8.37. The third kappa shape index (κ3) is 4.51. The van der Waals surface area contributed by atoms with Crippen LogP contribution in [0, 0.1) is 17.1 Å². The molecule has 34 heavy (non-hydrogen) atoms. The zero-order chi connectivity index (χ0) is 23.5. The molecule has 0 saturated carbocycles. The van der Waals surface area contributed by atoms with Crippen LogP contribution in [0.25, 0.3) is 33.0 Å². The molecule has 1 saturated heterocycles. The fraction of sp³-hybridized carbons (Fsp3) is 0.231. The van der Waals surface area contributed by atoms with Crippen LogP contribution in [0.5, 0.6) is 0 Å². The number of aromatic nitrogens is 3. The number of rotatable bonds is 5. The van der Waals surface area contributed by atoms with Crippen molar-refractivity contribution in [1.29, 1.82) is 5.26 Å². The molecule has 0 aliphatic carbocycles. The summed E-state index contributed by atoms with van der Waals surface area (Å²) < 4.78 is 15.2. The molecule has 0 radical (unpaired) electrons. The first kappa shape index (κ1) is 21.7. The molecule has 2 aromatic heterocycles. The summed E-state index contributed by atoms with van der Waals surface area (Å²) in [6.45, 7) is 3.29. The minimum Gasteiger partial charge on any atom is -0.339 e. The van der Waals surface area contributed by atoms with Crippen LogP contribution in [-0.4, -0.2) is 63.2 Å². The van der Waals surface area contributed by atoms with E-state index in [0.29, 0.717) is 19.6 Å². The van der Waals surface area contributed by atoms with Crippen molar-refractivity contribution in [3.8, 4) is 28.3 Å². The average Bonchev–Trinajstić information content (AvgIpc) is 3.32. The highest BCUT2D eigenvalue weighted by molar-refractivity contribution is 5.96. The van der Waals surface area contributed by atoms with E-state index in [1.165, 1.54) is 12.1 Å². The Morgan fingerprint density at radius 3 is 2.50 bits per heavy atom. The molecule has 4 aromatic rings. The molecule has 1 fully saturated rings. The highest BCUT2D eigenvalue weighted by atomic mass is 19.1. The Bertz CT molecular complexity index is 1370. The number of amides is 1. The molecule has 8 heteroatoms. The summed E-state index contributed by atoms with van der Waals surface area (Å²) in [6, 6.07) is 14.9. The molecule has 0 bridgehead atoms. The Hall–Kier alpha value is -4.09. The highest BCUT2D eigenvalue weighted by Crippen LogP contribution is 2.30. The molecular weight excluding hydrogens is 431 g/mol. The summed E-state index contributed by atoms with van der Waals surface area (Å²) in [7, 11) is 0. The van der Waals surface area contributed by atoms with Gasteiger partial charge in [0, 0.05) is 61.3 Å². The molecule has 7 nitrogen and oxygen atoms in total. The molecule has 2 aromatic carbocycles. The quantitative estimate of drug-likeness (QED) is 0.431. The van der Waals surface area contributed by atoms with Crippen molar-refractivity contribution in [1.82, 2.24) is 24.6 Å². The van der Waals surface area contributed by atoms with Crippen molar-refractivity contribution in [2.75, 3.05) is 32.7 Å². The molecule has 5 rings (SSSR count). The average molecular weight is 455 g/mol. The Balaban J connectivity index is 1.27. The van der Waals surface area contributed by atoms with Crippen molar-refractivity contribution in [2.24, 2.45) is 0 Å². The zero-order valence-electron chi connectivity index (χ0n) is 18.6. The summed E-state index contributed by atoms with van der Waals surface area (Å²) in [5.74, 6) is -0.250. The Morgan fingerprint density at radius 1 is 0.971 bits per heavy atom. The van der Waals surface area contributed by atoms with E-state index in [9.17, 15) is 9.18 Å². The fourth-order valence-corrected chi connectivity index (χ4v) is 4.31. The number of benzene rings is 2. The maximum Gasteiger partial charge on any atom is 0.244 e. The van der Waals surface area contributed by atoms with Gasteiger partial charge in [0.25, 0.3) is 0 Å². The van der Waals surface area contributed by atoms with Gasteiger partial charge in [-0.05, 0) is 28.6 Å². The van der Waals surface area contributed by atoms with Gasteiger partial charge in [-0.25, -0.2) is 4.39 Å².